The van der Waals surface area contributed by atoms with Crippen LogP contribution in [0.3, 0.4) is 0 Å². The third kappa shape index (κ3) is 5.19. The molecule has 0 radical (unpaired) electrons. The maximum absolute atomic E-state index is 13.9. The highest BCUT2D eigenvalue weighted by molar-refractivity contribution is 5.86. The number of nitrogens with one attached hydrogen (secondary N) is 1. The predicted octanol–water partition coefficient (Wildman–Crippen LogP) is 5.82. The largest absolute Gasteiger partial charge is 0.471 e. The molecule has 1 N–H and O–H groups in total. The molecule has 0 saturated carbocycles. The number of carbonyl (C=O) groups excluding carboxylic acids is 1. The summed E-state index contributed by atoms with van der Waals surface area (Å²) < 4.78 is 53.0. The van der Waals surface area contributed by atoms with E-state index in [2.05, 4.69) is 36.5 Å². The molecule has 3 unspecified atom stereocenters. The molecule has 1 aliphatic heterocycles. The van der Waals surface area contributed by atoms with Crippen molar-refractivity contribution in [2.45, 2.75) is 31.5 Å². The summed E-state index contributed by atoms with van der Waals surface area (Å²) in [6.07, 6.45) is -4.52. The molecular formula is C26H26F4N2O. The number of fused-ring (bicyclic) bond motifs is 1. The smallest absolute Gasteiger partial charge is 0.334 e. The number of alkyl halides is 3. The second-order valence-electron chi connectivity index (χ2n) is 8.66. The summed E-state index contributed by atoms with van der Waals surface area (Å²) in [7, 11) is 0. The van der Waals surface area contributed by atoms with E-state index in [9.17, 15) is 22.4 Å². The quantitative estimate of drug-likeness (QED) is 0.489. The van der Waals surface area contributed by atoms with E-state index in [1.807, 2.05) is 18.2 Å². The standard InChI is InChI=1S/C26H26F4N2O/c1-17(22-11-5-7-18-6-2-3-10-23(18)22)31-15-20-12-13-32(25(33)26(28,29)30)16-24(20)19-8-4-9-21(27)14-19/h2-11,14,17,20,24,31H,12-13,15-16H2,1H3. The van der Waals surface area contributed by atoms with Crippen molar-refractivity contribution >= 4 is 16.7 Å². The maximum Gasteiger partial charge on any atom is 0.471 e. The first-order valence-corrected chi connectivity index (χ1v) is 11.1. The number of amides is 1. The first kappa shape index (κ1) is 23.2. The average molecular weight is 458 g/mol. The second kappa shape index (κ2) is 9.51. The van der Waals surface area contributed by atoms with Crippen LogP contribution in [-0.4, -0.2) is 36.6 Å². The zero-order valence-electron chi connectivity index (χ0n) is 18.3. The highest BCUT2D eigenvalue weighted by Crippen LogP contribution is 2.35. The first-order valence-electron chi connectivity index (χ1n) is 11.1. The summed E-state index contributed by atoms with van der Waals surface area (Å²) in [5.41, 5.74) is 1.75. The van der Waals surface area contributed by atoms with Gasteiger partial charge in [-0.1, -0.05) is 54.6 Å². The van der Waals surface area contributed by atoms with Gasteiger partial charge >= 0.3 is 12.1 Å². The van der Waals surface area contributed by atoms with Crippen LogP contribution in [0.1, 0.15) is 36.4 Å². The molecule has 3 atom stereocenters. The molecule has 3 aromatic rings. The lowest BCUT2D eigenvalue weighted by atomic mass is 9.80. The Bertz CT molecular complexity index is 1130. The van der Waals surface area contributed by atoms with Crippen molar-refractivity contribution in [3.63, 3.8) is 0 Å². The van der Waals surface area contributed by atoms with Crippen molar-refractivity contribution in [1.29, 1.82) is 0 Å². The molecule has 7 heteroatoms. The fourth-order valence-corrected chi connectivity index (χ4v) is 4.79. The van der Waals surface area contributed by atoms with E-state index >= 15 is 0 Å². The molecule has 1 fully saturated rings. The van der Waals surface area contributed by atoms with E-state index in [0.29, 0.717) is 18.5 Å². The van der Waals surface area contributed by atoms with Crippen LogP contribution in [0.4, 0.5) is 17.6 Å². The Labute approximate surface area is 190 Å². The van der Waals surface area contributed by atoms with Crippen LogP contribution < -0.4 is 5.32 Å². The third-order valence-electron chi connectivity index (χ3n) is 6.54. The molecule has 3 nitrogen and oxygen atoms in total. The Kier molecular flexibility index (Phi) is 6.70. The van der Waals surface area contributed by atoms with Gasteiger partial charge in [0.1, 0.15) is 5.82 Å². The second-order valence-corrected chi connectivity index (χ2v) is 8.66. The van der Waals surface area contributed by atoms with Crippen molar-refractivity contribution in [3.8, 4) is 0 Å². The van der Waals surface area contributed by atoms with Crippen molar-refractivity contribution in [1.82, 2.24) is 10.2 Å². The highest BCUT2D eigenvalue weighted by atomic mass is 19.4. The van der Waals surface area contributed by atoms with Gasteiger partial charge in [-0.25, -0.2) is 4.39 Å². The lowest BCUT2D eigenvalue weighted by Crippen LogP contribution is -2.49. The predicted molar refractivity (Wildman–Crippen MR) is 120 cm³/mol. The van der Waals surface area contributed by atoms with E-state index < -0.39 is 23.8 Å². The molecule has 0 aliphatic carbocycles. The van der Waals surface area contributed by atoms with E-state index in [-0.39, 0.29) is 25.0 Å². The Morgan fingerprint density at radius 2 is 1.82 bits per heavy atom. The number of rotatable bonds is 5. The lowest BCUT2D eigenvalue weighted by Gasteiger charge is -2.39. The zero-order valence-corrected chi connectivity index (χ0v) is 18.3. The summed E-state index contributed by atoms with van der Waals surface area (Å²) >= 11 is 0. The normalized spacial score (nSPS) is 20.1. The molecule has 3 aromatic carbocycles. The van der Waals surface area contributed by atoms with Crippen molar-refractivity contribution in [3.05, 3.63) is 83.7 Å². The molecule has 1 saturated heterocycles. The van der Waals surface area contributed by atoms with Gasteiger partial charge < -0.3 is 10.2 Å². The van der Waals surface area contributed by atoms with Gasteiger partial charge in [0.15, 0.2) is 0 Å². The molecule has 1 aliphatic rings. The van der Waals surface area contributed by atoms with Crippen LogP contribution in [0.15, 0.2) is 66.7 Å². The number of halogens is 4. The Hall–Kier alpha value is -2.93. The van der Waals surface area contributed by atoms with Gasteiger partial charge in [-0.3, -0.25) is 4.79 Å². The lowest BCUT2D eigenvalue weighted by molar-refractivity contribution is -0.187. The number of likely N-dealkylation sites (tertiary alicyclic amines) is 1. The molecule has 174 valence electrons. The van der Waals surface area contributed by atoms with Gasteiger partial charge in [-0.05, 0) is 59.8 Å². The maximum atomic E-state index is 13.9. The monoisotopic (exact) mass is 458 g/mol. The summed E-state index contributed by atoms with van der Waals surface area (Å²) in [6, 6.07) is 20.2. The van der Waals surface area contributed by atoms with E-state index in [4.69, 9.17) is 0 Å². The molecule has 0 aromatic heterocycles. The van der Waals surface area contributed by atoms with Crippen molar-refractivity contribution in [2.75, 3.05) is 19.6 Å². The fraction of sp³-hybridized carbons (Fsp3) is 0.346. The Morgan fingerprint density at radius 3 is 2.58 bits per heavy atom. The number of piperidine rings is 1. The molecule has 0 spiro atoms. The van der Waals surface area contributed by atoms with Gasteiger partial charge in [-0.15, -0.1) is 0 Å². The van der Waals surface area contributed by atoms with Gasteiger partial charge in [-0.2, -0.15) is 13.2 Å². The zero-order chi connectivity index (χ0) is 23.6. The van der Waals surface area contributed by atoms with Gasteiger partial charge in [0.05, 0.1) is 0 Å². The third-order valence-corrected chi connectivity index (χ3v) is 6.54. The number of nitrogens with zero attached hydrogens (tertiary/aromatic N) is 1. The van der Waals surface area contributed by atoms with Crippen molar-refractivity contribution < 1.29 is 22.4 Å². The van der Waals surface area contributed by atoms with E-state index in [1.54, 1.807) is 12.1 Å². The SMILES string of the molecule is CC(NCC1CCN(C(=O)C(F)(F)F)CC1c1cccc(F)c1)c1cccc2ccccc12. The number of benzene rings is 3. The van der Waals surface area contributed by atoms with Gasteiger partial charge in [0, 0.05) is 25.0 Å². The summed E-state index contributed by atoms with van der Waals surface area (Å²) in [6.45, 7) is 2.54. The van der Waals surface area contributed by atoms with Crippen molar-refractivity contribution in [2.24, 2.45) is 5.92 Å². The van der Waals surface area contributed by atoms with Crippen LogP contribution in [-0.2, 0) is 4.79 Å². The Morgan fingerprint density at radius 1 is 1.09 bits per heavy atom. The molecule has 0 bridgehead atoms. The van der Waals surface area contributed by atoms with Crippen LogP contribution in [0.2, 0.25) is 0 Å². The van der Waals surface area contributed by atoms with Crippen LogP contribution in [0, 0.1) is 11.7 Å². The minimum absolute atomic E-state index is 0.0131. The average Bonchev–Trinajstić information content (AvgIpc) is 2.81. The summed E-state index contributed by atoms with van der Waals surface area (Å²) in [5, 5.41) is 5.81. The minimum atomic E-state index is -4.92. The number of hydrogen-bond donors (Lipinski definition) is 1. The topological polar surface area (TPSA) is 32.3 Å². The molecule has 4 rings (SSSR count). The summed E-state index contributed by atoms with van der Waals surface area (Å²) in [5.74, 6) is -2.71. The van der Waals surface area contributed by atoms with E-state index in [0.717, 1.165) is 21.2 Å². The highest BCUT2D eigenvalue weighted by Gasteiger charge is 2.45. The minimum Gasteiger partial charge on any atom is -0.334 e. The van der Waals surface area contributed by atoms with Crippen LogP contribution in [0.5, 0.6) is 0 Å². The Balaban J connectivity index is 1.53. The van der Waals surface area contributed by atoms with Gasteiger partial charge in [0.25, 0.3) is 0 Å². The van der Waals surface area contributed by atoms with Gasteiger partial charge in [0.2, 0.25) is 0 Å². The number of carbonyl (C=O) groups is 1. The first-order chi connectivity index (χ1) is 15.7. The molecule has 1 amide bonds. The summed E-state index contributed by atoms with van der Waals surface area (Å²) in [4.78, 5) is 12.7. The molecule has 33 heavy (non-hydrogen) atoms. The molecule has 1 heterocycles. The fourth-order valence-electron chi connectivity index (χ4n) is 4.79. The molecular weight excluding hydrogens is 432 g/mol. The van der Waals surface area contributed by atoms with Crippen LogP contribution in [0.25, 0.3) is 10.8 Å². The number of hydrogen-bond acceptors (Lipinski definition) is 2. The van der Waals surface area contributed by atoms with E-state index in [1.165, 1.54) is 12.1 Å². The van der Waals surface area contributed by atoms with Crippen LogP contribution >= 0.6 is 0 Å².